The van der Waals surface area contributed by atoms with Crippen molar-refractivity contribution in [2.24, 2.45) is 7.05 Å². The molecule has 0 aliphatic heterocycles. The second-order valence-corrected chi connectivity index (χ2v) is 3.77. The molecule has 8 heteroatoms. The molecule has 0 aliphatic carbocycles. The van der Waals surface area contributed by atoms with Crippen LogP contribution in [0.5, 0.6) is 0 Å². The Kier molecular flexibility index (Phi) is 3.18. The van der Waals surface area contributed by atoms with Gasteiger partial charge < -0.3 is 4.90 Å². The number of H-pyrrole nitrogens is 1. The van der Waals surface area contributed by atoms with Crippen LogP contribution in [-0.2, 0) is 13.6 Å². The van der Waals surface area contributed by atoms with Crippen LogP contribution in [0.3, 0.4) is 0 Å². The Bertz CT molecular complexity index is 603. The topological polar surface area (TPSA) is 96.8 Å². The van der Waals surface area contributed by atoms with Crippen molar-refractivity contribution in [1.29, 1.82) is 0 Å². The second-order valence-electron chi connectivity index (χ2n) is 3.77. The number of aromatic nitrogens is 5. The summed E-state index contributed by atoms with van der Waals surface area (Å²) in [5, 5.41) is 10.3. The predicted octanol–water partition coefficient (Wildman–Crippen LogP) is -0.829. The van der Waals surface area contributed by atoms with E-state index in [4.69, 9.17) is 0 Å². The van der Waals surface area contributed by atoms with E-state index in [1.165, 1.54) is 30.4 Å². The van der Waals surface area contributed by atoms with Crippen LogP contribution in [0.4, 0.5) is 0 Å². The van der Waals surface area contributed by atoms with Crippen LogP contribution in [0.25, 0.3) is 0 Å². The SMILES string of the molecule is CN(Cc1ncn[nH]1)C(=O)c1ccc(=O)n(C)n1. The largest absolute Gasteiger partial charge is 0.333 e. The maximum absolute atomic E-state index is 12.0. The second kappa shape index (κ2) is 4.78. The van der Waals surface area contributed by atoms with Crippen LogP contribution in [0.1, 0.15) is 16.3 Å². The molecule has 8 nitrogen and oxygen atoms in total. The van der Waals surface area contributed by atoms with Crippen LogP contribution in [0, 0.1) is 0 Å². The minimum atomic E-state index is -0.290. The minimum Gasteiger partial charge on any atom is -0.333 e. The molecular weight excluding hydrogens is 236 g/mol. The summed E-state index contributed by atoms with van der Waals surface area (Å²) in [6.45, 7) is 0.295. The van der Waals surface area contributed by atoms with Crippen molar-refractivity contribution in [3.05, 3.63) is 40.3 Å². The molecule has 0 aliphatic rings. The summed E-state index contributed by atoms with van der Waals surface area (Å²) in [6, 6.07) is 2.71. The minimum absolute atomic E-state index is 0.208. The van der Waals surface area contributed by atoms with E-state index in [1.54, 1.807) is 7.05 Å². The number of aromatic amines is 1. The number of aryl methyl sites for hydroxylation is 1. The summed E-state index contributed by atoms with van der Waals surface area (Å²) in [5.74, 6) is 0.290. The standard InChI is InChI=1S/C10H12N6O2/c1-15(5-8-11-6-12-13-8)10(18)7-3-4-9(17)16(2)14-7/h3-4,6H,5H2,1-2H3,(H,11,12,13). The van der Waals surface area contributed by atoms with E-state index in [0.29, 0.717) is 12.4 Å². The fraction of sp³-hybridized carbons (Fsp3) is 0.300. The number of carbonyl (C=O) groups is 1. The monoisotopic (exact) mass is 248 g/mol. The van der Waals surface area contributed by atoms with E-state index in [1.807, 2.05) is 0 Å². The van der Waals surface area contributed by atoms with Crippen molar-refractivity contribution >= 4 is 5.91 Å². The highest BCUT2D eigenvalue weighted by molar-refractivity contribution is 5.91. The summed E-state index contributed by atoms with van der Waals surface area (Å²) in [5.41, 5.74) is -0.0523. The molecule has 0 bridgehead atoms. The molecule has 0 spiro atoms. The zero-order valence-corrected chi connectivity index (χ0v) is 9.99. The average Bonchev–Trinajstić information content (AvgIpc) is 2.84. The molecular formula is C10H12N6O2. The molecule has 0 atom stereocenters. The maximum atomic E-state index is 12.0. The van der Waals surface area contributed by atoms with Gasteiger partial charge in [0.05, 0.1) is 6.54 Å². The Morgan fingerprint density at radius 3 is 2.89 bits per heavy atom. The molecule has 0 aromatic carbocycles. The Balaban J connectivity index is 2.15. The van der Waals surface area contributed by atoms with Crippen LogP contribution in [-0.4, -0.2) is 42.8 Å². The zero-order valence-electron chi connectivity index (χ0n) is 9.99. The van der Waals surface area contributed by atoms with Crippen LogP contribution < -0.4 is 5.56 Å². The molecule has 2 heterocycles. The normalized spacial score (nSPS) is 10.3. The van der Waals surface area contributed by atoms with E-state index in [2.05, 4.69) is 20.3 Å². The first-order valence-electron chi connectivity index (χ1n) is 5.22. The Hall–Kier alpha value is -2.51. The molecule has 2 rings (SSSR count). The zero-order chi connectivity index (χ0) is 13.1. The van der Waals surface area contributed by atoms with Crippen LogP contribution in [0.15, 0.2) is 23.3 Å². The number of nitrogens with one attached hydrogen (secondary N) is 1. The summed E-state index contributed by atoms with van der Waals surface area (Å²) in [4.78, 5) is 28.6. The number of amides is 1. The predicted molar refractivity (Wildman–Crippen MR) is 61.7 cm³/mol. The highest BCUT2D eigenvalue weighted by Gasteiger charge is 2.15. The van der Waals surface area contributed by atoms with E-state index in [0.717, 1.165) is 4.68 Å². The van der Waals surface area contributed by atoms with Crippen molar-refractivity contribution in [2.75, 3.05) is 7.05 Å². The number of nitrogens with zero attached hydrogens (tertiary/aromatic N) is 5. The van der Waals surface area contributed by atoms with Gasteiger partial charge in [-0.15, -0.1) is 0 Å². The molecule has 0 fully saturated rings. The Labute approximate surface area is 102 Å². The third kappa shape index (κ3) is 2.42. The summed E-state index contributed by atoms with van der Waals surface area (Å²) in [6.07, 6.45) is 1.37. The van der Waals surface area contributed by atoms with Crippen LogP contribution >= 0.6 is 0 Å². The smallest absolute Gasteiger partial charge is 0.274 e. The van der Waals surface area contributed by atoms with E-state index in [9.17, 15) is 9.59 Å². The number of carbonyl (C=O) groups excluding carboxylic acids is 1. The van der Waals surface area contributed by atoms with Crippen molar-refractivity contribution in [3.63, 3.8) is 0 Å². The first kappa shape index (κ1) is 12.0. The van der Waals surface area contributed by atoms with Crippen molar-refractivity contribution in [1.82, 2.24) is 29.9 Å². The quantitative estimate of drug-likeness (QED) is 0.764. The molecule has 2 aromatic heterocycles. The van der Waals surface area contributed by atoms with Crippen molar-refractivity contribution < 1.29 is 4.79 Å². The Morgan fingerprint density at radius 2 is 2.28 bits per heavy atom. The van der Waals surface area contributed by atoms with Gasteiger partial charge in [-0.05, 0) is 6.07 Å². The molecule has 0 saturated carbocycles. The van der Waals surface area contributed by atoms with Gasteiger partial charge in [0, 0.05) is 20.2 Å². The molecule has 1 N–H and O–H groups in total. The summed E-state index contributed by atoms with van der Waals surface area (Å²) < 4.78 is 1.12. The maximum Gasteiger partial charge on any atom is 0.274 e. The number of hydrogen-bond acceptors (Lipinski definition) is 5. The molecule has 94 valence electrons. The average molecular weight is 248 g/mol. The molecule has 0 saturated heterocycles. The molecule has 18 heavy (non-hydrogen) atoms. The van der Waals surface area contributed by atoms with Crippen molar-refractivity contribution in [3.8, 4) is 0 Å². The van der Waals surface area contributed by atoms with Gasteiger partial charge in [-0.25, -0.2) is 9.67 Å². The van der Waals surface area contributed by atoms with Gasteiger partial charge in [-0.1, -0.05) is 0 Å². The first-order chi connectivity index (χ1) is 8.58. The lowest BCUT2D eigenvalue weighted by molar-refractivity contribution is 0.0773. The van der Waals surface area contributed by atoms with E-state index < -0.39 is 0 Å². The summed E-state index contributed by atoms with van der Waals surface area (Å²) in [7, 11) is 3.12. The fourth-order valence-electron chi connectivity index (χ4n) is 1.42. The lowest BCUT2D eigenvalue weighted by Crippen LogP contribution is -2.30. The molecule has 1 amide bonds. The van der Waals surface area contributed by atoms with Gasteiger partial charge in [0.15, 0.2) is 0 Å². The highest BCUT2D eigenvalue weighted by Crippen LogP contribution is 2.01. The lowest BCUT2D eigenvalue weighted by atomic mass is 10.3. The van der Waals surface area contributed by atoms with Gasteiger partial charge in [0.2, 0.25) is 0 Å². The number of rotatable bonds is 3. The molecule has 2 aromatic rings. The van der Waals surface area contributed by atoms with Gasteiger partial charge in [-0.2, -0.15) is 10.2 Å². The number of hydrogen-bond donors (Lipinski definition) is 1. The third-order valence-electron chi connectivity index (χ3n) is 2.38. The van der Waals surface area contributed by atoms with Gasteiger partial charge in [0.25, 0.3) is 11.5 Å². The van der Waals surface area contributed by atoms with Gasteiger partial charge in [0.1, 0.15) is 17.8 Å². The van der Waals surface area contributed by atoms with Crippen molar-refractivity contribution in [2.45, 2.75) is 6.54 Å². The fourth-order valence-corrected chi connectivity index (χ4v) is 1.42. The molecule has 0 unspecified atom stereocenters. The third-order valence-corrected chi connectivity index (χ3v) is 2.38. The van der Waals surface area contributed by atoms with Crippen LogP contribution in [0.2, 0.25) is 0 Å². The van der Waals surface area contributed by atoms with E-state index in [-0.39, 0.29) is 17.2 Å². The summed E-state index contributed by atoms with van der Waals surface area (Å²) >= 11 is 0. The Morgan fingerprint density at radius 1 is 1.50 bits per heavy atom. The molecule has 0 radical (unpaired) electrons. The first-order valence-corrected chi connectivity index (χ1v) is 5.22. The van der Waals surface area contributed by atoms with Gasteiger partial charge >= 0.3 is 0 Å². The van der Waals surface area contributed by atoms with E-state index >= 15 is 0 Å². The lowest BCUT2D eigenvalue weighted by Gasteiger charge is -2.14. The highest BCUT2D eigenvalue weighted by atomic mass is 16.2. The van der Waals surface area contributed by atoms with Gasteiger partial charge in [-0.3, -0.25) is 14.7 Å².